The Hall–Kier alpha value is -4.48. The number of ketones is 1. The van der Waals surface area contributed by atoms with E-state index in [1.54, 1.807) is 6.08 Å². The molecule has 134 heavy (non-hydrogen) atoms. The van der Waals surface area contributed by atoms with Crippen molar-refractivity contribution in [3.8, 4) is 0 Å². The summed E-state index contributed by atoms with van der Waals surface area (Å²) in [7, 11) is 0. The number of Topliss-reactive ketones (excluding diaryl/α,β-unsaturated/α-hetero) is 1. The van der Waals surface area contributed by atoms with E-state index in [0.717, 1.165) is 85.0 Å². The first-order chi connectivity index (χ1) is 64.1. The van der Waals surface area contributed by atoms with Crippen LogP contribution in [0.25, 0.3) is 0 Å². The summed E-state index contributed by atoms with van der Waals surface area (Å²) in [5.74, 6) is -16.5. The van der Waals surface area contributed by atoms with Crippen molar-refractivity contribution >= 4 is 35.4 Å². The number of carbonyl (C=O) groups excluding carboxylic acids is 4. The van der Waals surface area contributed by atoms with Crippen LogP contribution < -0.4 is 16.0 Å². The van der Waals surface area contributed by atoms with Gasteiger partial charge in [-0.2, -0.15) is 0 Å². The molecule has 42 heteroatoms. The second kappa shape index (κ2) is 62.1. The van der Waals surface area contributed by atoms with Crippen molar-refractivity contribution in [3.63, 3.8) is 0 Å². The van der Waals surface area contributed by atoms with E-state index < -0.39 is 308 Å². The molecule has 42 nitrogen and oxygen atoms in total. The van der Waals surface area contributed by atoms with Gasteiger partial charge in [0.1, 0.15) is 128 Å². The Morgan fingerprint density at radius 2 is 0.828 bits per heavy atom. The van der Waals surface area contributed by atoms with E-state index >= 15 is 0 Å². The summed E-state index contributed by atoms with van der Waals surface area (Å²) in [6.07, 6.45) is -22.5. The minimum Gasteiger partial charge on any atom is -0.477 e. The summed E-state index contributed by atoms with van der Waals surface area (Å²) in [5.41, 5.74) is 0. The van der Waals surface area contributed by atoms with Gasteiger partial charge in [0, 0.05) is 45.4 Å². The number of hydrogen-bond donors (Lipinski definition) is 24. The SMILES string of the molecule is CCCCCCCCCCCCC/C=C\[C@@H](O)[C@H](CO[C@@H]1O[C@H](CO)[C@@H](O[C@@H]2O[C@H](CO)[C@H](O[C@@H]3O[C@H](CO)[C@H](O)[C@H](O[C@@H]4O[C@H](CO)[C@H](O)[C@H](O)[C@H]4O)[C@H]3CC(C)=O)[C@H](O[C@]3(C(=O)O)C[C@H](O)[C@@H](NC(C)=O)C([C@H](O)[C@@H](CO)O[C@]4(C(=O)O)C[C@H](O)[C@@H](NC(C)=O)C([C@H](O)[C@H](O)CO)O4)O3)[C@H]2O)[C@H](O)[C@H]1O)NC(=O)CCCCCCCCCCCCCCCCCCCCCCCC. The van der Waals surface area contributed by atoms with Gasteiger partial charge in [-0.3, -0.25) is 14.4 Å². The highest BCUT2D eigenvalue weighted by atomic mass is 16.8. The molecule has 0 aliphatic carbocycles. The highest BCUT2D eigenvalue weighted by Crippen LogP contribution is 2.44. The fourth-order valence-corrected chi connectivity index (χ4v) is 18.4. The quantitative estimate of drug-likeness (QED) is 0.0280. The maximum absolute atomic E-state index is 14.5. The third kappa shape index (κ3) is 36.2. The van der Waals surface area contributed by atoms with E-state index in [9.17, 15) is 136 Å². The highest BCUT2D eigenvalue weighted by Gasteiger charge is 2.64. The molecule has 0 aromatic rings. The van der Waals surface area contributed by atoms with E-state index in [1.165, 1.54) is 147 Å². The predicted molar refractivity (Wildman–Crippen MR) is 473 cm³/mol. The van der Waals surface area contributed by atoms with E-state index in [0.29, 0.717) is 12.8 Å². The van der Waals surface area contributed by atoms with Crippen molar-refractivity contribution < 1.29 is 193 Å². The molecule has 0 bridgehead atoms. The molecule has 0 aromatic heterocycles. The average molecular weight is 1940 g/mol. The maximum Gasteiger partial charge on any atom is 0.364 e. The van der Waals surface area contributed by atoms with Crippen LogP contribution in [-0.4, -0.2) is 390 Å². The molecule has 6 saturated heterocycles. The van der Waals surface area contributed by atoms with Crippen LogP contribution in [0.2, 0.25) is 0 Å². The number of aliphatic hydroxyl groups is 19. The lowest BCUT2D eigenvalue weighted by Gasteiger charge is -2.53. The van der Waals surface area contributed by atoms with Crippen LogP contribution in [0.3, 0.4) is 0 Å². The van der Waals surface area contributed by atoms with Gasteiger partial charge in [-0.1, -0.05) is 225 Å². The van der Waals surface area contributed by atoms with Gasteiger partial charge in [-0.05, 0) is 26.2 Å². The number of carboxylic acid groups (broad SMARTS) is 2. The van der Waals surface area contributed by atoms with Gasteiger partial charge in [-0.25, -0.2) is 9.59 Å². The van der Waals surface area contributed by atoms with Crippen LogP contribution in [0.5, 0.6) is 0 Å². The van der Waals surface area contributed by atoms with Gasteiger partial charge in [0.25, 0.3) is 11.6 Å². The van der Waals surface area contributed by atoms with Crippen LogP contribution in [0.4, 0.5) is 0 Å². The first-order valence-corrected chi connectivity index (χ1v) is 48.9. The van der Waals surface area contributed by atoms with E-state index in [1.807, 2.05) is 0 Å². The fraction of sp³-hybridized carbons (Fsp3) is 0.913. The third-order valence-electron chi connectivity index (χ3n) is 26.1. The Kier molecular flexibility index (Phi) is 54.7. The van der Waals surface area contributed by atoms with Crippen molar-refractivity contribution in [1.82, 2.24) is 16.0 Å². The lowest BCUT2D eigenvalue weighted by molar-refractivity contribution is -0.407. The molecule has 780 valence electrons. The Labute approximate surface area is 785 Å². The van der Waals surface area contributed by atoms with Crippen LogP contribution in [0, 0.1) is 5.92 Å². The number of rotatable bonds is 67. The number of nitrogens with one attached hydrogen (secondary N) is 3. The van der Waals surface area contributed by atoms with Crippen LogP contribution in [-0.2, 0) is 85.6 Å². The molecule has 34 atom stereocenters. The topological polar surface area (TPSA) is 674 Å². The Bertz CT molecular complexity index is 3330. The van der Waals surface area contributed by atoms with Crippen molar-refractivity contribution in [1.29, 1.82) is 0 Å². The van der Waals surface area contributed by atoms with E-state index in [-0.39, 0.29) is 6.42 Å². The number of allylic oxidation sites excluding steroid dienone is 1. The van der Waals surface area contributed by atoms with Crippen LogP contribution in [0.15, 0.2) is 12.2 Å². The largest absolute Gasteiger partial charge is 0.477 e. The molecule has 0 saturated carbocycles. The second-order valence-corrected chi connectivity index (χ2v) is 37.1. The van der Waals surface area contributed by atoms with Crippen molar-refractivity contribution in [2.24, 2.45) is 5.92 Å². The molecule has 3 amide bonds. The number of hydrogen-bond acceptors (Lipinski definition) is 37. The summed E-state index contributed by atoms with van der Waals surface area (Å²) in [6, 6.07) is -5.10. The molecule has 6 heterocycles. The predicted octanol–water partition coefficient (Wildman–Crippen LogP) is -0.0473. The summed E-state index contributed by atoms with van der Waals surface area (Å²) >= 11 is 0. The minimum atomic E-state index is -3.68. The maximum atomic E-state index is 14.5. The summed E-state index contributed by atoms with van der Waals surface area (Å²) < 4.78 is 72.6. The number of amides is 3. The van der Waals surface area contributed by atoms with E-state index in [2.05, 4.69) is 29.8 Å². The monoisotopic (exact) mass is 1930 g/mol. The molecule has 6 aliphatic heterocycles. The van der Waals surface area contributed by atoms with Gasteiger partial charge in [0.05, 0.1) is 88.8 Å². The van der Waals surface area contributed by atoms with Gasteiger partial charge in [-0.15, -0.1) is 0 Å². The molecule has 0 aromatic carbocycles. The molecule has 24 N–H and O–H groups in total. The normalized spacial score (nSPS) is 33.9. The minimum absolute atomic E-state index is 0.0893. The van der Waals surface area contributed by atoms with Gasteiger partial charge >= 0.3 is 11.9 Å². The molecule has 6 rings (SSSR count). The first kappa shape index (κ1) is 118. The highest BCUT2D eigenvalue weighted by molar-refractivity contribution is 5.78. The molecular weight excluding hydrogens is 1770 g/mol. The Morgan fingerprint density at radius 1 is 0.425 bits per heavy atom. The summed E-state index contributed by atoms with van der Waals surface area (Å²) in [6.45, 7) is -0.746. The van der Waals surface area contributed by atoms with Gasteiger partial charge in [0.15, 0.2) is 25.2 Å². The van der Waals surface area contributed by atoms with Crippen LogP contribution >= 0.6 is 0 Å². The first-order valence-electron chi connectivity index (χ1n) is 48.9. The Balaban J connectivity index is 1.28. The number of carboxylic acids is 2. The van der Waals surface area contributed by atoms with Gasteiger partial charge < -0.3 is 185 Å². The number of aliphatic carboxylic acids is 2. The van der Waals surface area contributed by atoms with Crippen LogP contribution in [0.1, 0.15) is 279 Å². The van der Waals surface area contributed by atoms with Gasteiger partial charge in [0.2, 0.25) is 17.7 Å². The molecule has 0 spiro atoms. The number of unbranched alkanes of at least 4 members (excludes halogenated alkanes) is 32. The summed E-state index contributed by atoms with van der Waals surface area (Å²) in [4.78, 5) is 80.7. The molecule has 0 radical (unpaired) electrons. The smallest absolute Gasteiger partial charge is 0.364 e. The summed E-state index contributed by atoms with van der Waals surface area (Å²) in [5, 5.41) is 246. The lowest BCUT2D eigenvalue weighted by atomic mass is 9.86. The average Bonchev–Trinajstić information content (AvgIpc) is 0.742. The van der Waals surface area contributed by atoms with Crippen molar-refractivity contribution in [2.75, 3.05) is 46.2 Å². The third-order valence-corrected chi connectivity index (χ3v) is 26.1. The lowest BCUT2D eigenvalue weighted by Crippen LogP contribution is -2.72. The molecular formula is C92H163N3O39. The molecule has 6 aliphatic rings. The molecule has 2 unspecified atom stereocenters. The second-order valence-electron chi connectivity index (χ2n) is 37.1. The van der Waals surface area contributed by atoms with Crippen molar-refractivity contribution in [3.05, 3.63) is 12.2 Å². The van der Waals surface area contributed by atoms with Crippen molar-refractivity contribution in [2.45, 2.75) is 480 Å². The number of carbonyl (C=O) groups is 6. The fourth-order valence-electron chi connectivity index (χ4n) is 18.4. The zero-order chi connectivity index (χ0) is 98.8. The molecule has 6 fully saturated rings. The number of aliphatic hydroxyl groups excluding tert-OH is 19. The van der Waals surface area contributed by atoms with E-state index in [4.69, 9.17) is 56.8 Å². The number of ether oxygens (including phenoxy) is 12. The zero-order valence-corrected chi connectivity index (χ0v) is 78.7. The standard InChI is InChI=1S/C92H163N3O39/c1-6-8-10-12-14-16-18-20-21-22-23-24-25-26-27-28-30-32-34-36-38-40-42-67(109)95-57(58(105)41-39-37-35-33-31-29-19-17-15-13-11-9-7-2)52-123-86-77(117)75(115)80(65(50-100)126-86)129-88-78(118)84(81(66(51-101)127-88)130-85-56(43-53(3)102)79(72(112)63(48-98)124-85)128-87-76(116)74(114)71(111)62(47-97)125-87)134-92(90(121)122)45-60(107)69(94-55(5)104)83(133-92)73(113)64(49-99)131-91(89(119)120)44-59(106)68(93-54(4)103)82(132-91)70(110)61(108)46-96/h39,41,56-66,68-88,96-101,105-108,110-118H,6-38,40,42-52H2,1-5H3,(H,93,103)(H,94,104)(H,95,109)(H,119,120)(H,121,122)/b41-39-/t56-,57+,58-,59+,60+,61-,62-,63-,64-,65-,66-,68-,69-,70-,71+,72+,73-,74+,75-,76-,77-,78-,79-,80-,81+,82?,83?,84-,85+,86-,87+,88+,91-,92+/m1/s1. The Morgan fingerprint density at radius 3 is 1.29 bits per heavy atom. The zero-order valence-electron chi connectivity index (χ0n) is 78.7.